The highest BCUT2D eigenvalue weighted by molar-refractivity contribution is 7.11. The first-order chi connectivity index (χ1) is 12.4. The molecule has 0 bridgehead atoms. The number of guanidine groups is 1. The molecular weight excluding hydrogens is 352 g/mol. The Morgan fingerprint density at radius 2 is 2.12 bits per heavy atom. The maximum atomic E-state index is 12.3. The number of aryl methyl sites for hydroxylation is 1. The molecule has 1 aliphatic heterocycles. The summed E-state index contributed by atoms with van der Waals surface area (Å²) in [4.78, 5) is 35.3. The Kier molecular flexibility index (Phi) is 6.96. The van der Waals surface area contributed by atoms with E-state index >= 15 is 0 Å². The molecule has 144 valence electrons. The van der Waals surface area contributed by atoms with Gasteiger partial charge >= 0.3 is 6.03 Å². The molecule has 0 spiro atoms. The van der Waals surface area contributed by atoms with Gasteiger partial charge in [0, 0.05) is 44.2 Å². The van der Waals surface area contributed by atoms with Crippen molar-refractivity contribution in [2.24, 2.45) is 4.99 Å². The zero-order chi connectivity index (χ0) is 19.2. The second-order valence-corrected chi connectivity index (χ2v) is 7.79. The smallest absolute Gasteiger partial charge is 0.325 e. The summed E-state index contributed by atoms with van der Waals surface area (Å²) in [6.07, 6.45) is 3.97. The number of hydrogen-bond acceptors (Lipinski definition) is 5. The van der Waals surface area contributed by atoms with Gasteiger partial charge < -0.3 is 16.0 Å². The summed E-state index contributed by atoms with van der Waals surface area (Å²) in [6, 6.07) is -0.305. The van der Waals surface area contributed by atoms with Crippen molar-refractivity contribution in [3.05, 3.63) is 16.1 Å². The van der Waals surface area contributed by atoms with Gasteiger partial charge in [0.15, 0.2) is 5.96 Å². The molecule has 8 nitrogen and oxygen atoms in total. The van der Waals surface area contributed by atoms with E-state index in [1.54, 1.807) is 25.3 Å². The second-order valence-electron chi connectivity index (χ2n) is 6.47. The summed E-state index contributed by atoms with van der Waals surface area (Å²) in [5, 5.41) is 10.3. The van der Waals surface area contributed by atoms with Gasteiger partial charge in [-0.15, -0.1) is 11.3 Å². The van der Waals surface area contributed by atoms with E-state index in [4.69, 9.17) is 0 Å². The van der Waals surface area contributed by atoms with Crippen LogP contribution in [0.25, 0.3) is 0 Å². The van der Waals surface area contributed by atoms with Crippen molar-refractivity contribution < 1.29 is 9.59 Å². The number of aromatic nitrogens is 1. The fourth-order valence-corrected chi connectivity index (χ4v) is 3.45. The van der Waals surface area contributed by atoms with Crippen molar-refractivity contribution in [3.63, 3.8) is 0 Å². The zero-order valence-electron chi connectivity index (χ0n) is 15.9. The van der Waals surface area contributed by atoms with Crippen LogP contribution in [0.5, 0.6) is 0 Å². The van der Waals surface area contributed by atoms with Crippen LogP contribution in [0, 0.1) is 6.92 Å². The van der Waals surface area contributed by atoms with Crippen molar-refractivity contribution in [1.82, 2.24) is 25.8 Å². The first kappa shape index (κ1) is 20.2. The number of nitrogens with zero attached hydrogens (tertiary/aromatic N) is 3. The summed E-state index contributed by atoms with van der Waals surface area (Å²) in [6.45, 7) is 7.46. The maximum Gasteiger partial charge on any atom is 0.325 e. The number of urea groups is 1. The van der Waals surface area contributed by atoms with E-state index < -0.39 is 5.54 Å². The Bertz CT molecular complexity index is 674. The SMILES string of the molecule is CCC1(C)NC(=O)N(CCCNC(=NC)NCCc2ncc(C)s2)C1=O. The van der Waals surface area contributed by atoms with Crippen molar-refractivity contribution in [1.29, 1.82) is 0 Å². The third-order valence-electron chi connectivity index (χ3n) is 4.43. The first-order valence-electron chi connectivity index (χ1n) is 8.89. The van der Waals surface area contributed by atoms with Crippen LogP contribution >= 0.6 is 11.3 Å². The van der Waals surface area contributed by atoms with Gasteiger partial charge in [0.05, 0.1) is 5.01 Å². The molecular formula is C17H28N6O2S. The lowest BCUT2D eigenvalue weighted by Gasteiger charge is -2.19. The fraction of sp³-hybridized carbons (Fsp3) is 0.647. The Morgan fingerprint density at radius 3 is 2.69 bits per heavy atom. The minimum absolute atomic E-state index is 0.147. The summed E-state index contributed by atoms with van der Waals surface area (Å²) in [5.41, 5.74) is -0.768. The lowest BCUT2D eigenvalue weighted by Crippen LogP contribution is -2.43. The molecule has 1 fully saturated rings. The third-order valence-corrected chi connectivity index (χ3v) is 5.40. The molecule has 2 heterocycles. The lowest BCUT2D eigenvalue weighted by molar-refractivity contribution is -0.130. The standard InChI is InChI=1S/C17H28N6O2S/c1-5-17(3)14(24)23(16(25)22-17)10-6-8-19-15(18-4)20-9-7-13-21-11-12(2)26-13/h11H,5-10H2,1-4H3,(H,22,25)(H2,18,19,20). The highest BCUT2D eigenvalue weighted by atomic mass is 32.1. The van der Waals surface area contributed by atoms with E-state index in [-0.39, 0.29) is 11.9 Å². The number of nitrogens with one attached hydrogen (secondary N) is 3. The molecule has 1 unspecified atom stereocenters. The van der Waals surface area contributed by atoms with Crippen LogP contribution in [0.4, 0.5) is 4.79 Å². The van der Waals surface area contributed by atoms with Gasteiger partial charge in [-0.05, 0) is 26.7 Å². The van der Waals surface area contributed by atoms with E-state index in [9.17, 15) is 9.59 Å². The minimum Gasteiger partial charge on any atom is -0.356 e. The molecule has 1 aromatic rings. The topological polar surface area (TPSA) is 98.7 Å². The quantitative estimate of drug-likeness (QED) is 0.273. The molecule has 9 heteroatoms. The van der Waals surface area contributed by atoms with Gasteiger partial charge in [-0.25, -0.2) is 9.78 Å². The van der Waals surface area contributed by atoms with Crippen LogP contribution in [-0.4, -0.2) is 60.0 Å². The molecule has 1 atom stereocenters. The molecule has 0 saturated carbocycles. The maximum absolute atomic E-state index is 12.3. The molecule has 2 rings (SSSR count). The predicted molar refractivity (Wildman–Crippen MR) is 103 cm³/mol. The van der Waals surface area contributed by atoms with Crippen molar-refractivity contribution >= 4 is 29.2 Å². The number of rotatable bonds is 8. The largest absolute Gasteiger partial charge is 0.356 e. The van der Waals surface area contributed by atoms with Crippen LogP contribution in [0.1, 0.15) is 36.6 Å². The second kappa shape index (κ2) is 8.98. The van der Waals surface area contributed by atoms with E-state index in [2.05, 4.69) is 25.9 Å². The van der Waals surface area contributed by atoms with Crippen LogP contribution in [0.3, 0.4) is 0 Å². The Morgan fingerprint density at radius 1 is 1.38 bits per heavy atom. The molecule has 3 amide bonds. The first-order valence-corrected chi connectivity index (χ1v) is 9.71. The van der Waals surface area contributed by atoms with Gasteiger partial charge in [0.1, 0.15) is 5.54 Å². The van der Waals surface area contributed by atoms with Crippen molar-refractivity contribution in [3.8, 4) is 0 Å². The van der Waals surface area contributed by atoms with Gasteiger partial charge in [0.2, 0.25) is 0 Å². The van der Waals surface area contributed by atoms with Gasteiger partial charge in [0.25, 0.3) is 5.91 Å². The van der Waals surface area contributed by atoms with Crippen molar-refractivity contribution in [2.75, 3.05) is 26.7 Å². The normalized spacial score (nSPS) is 20.5. The monoisotopic (exact) mass is 380 g/mol. The van der Waals surface area contributed by atoms with Crippen LogP contribution in [-0.2, 0) is 11.2 Å². The van der Waals surface area contributed by atoms with Crippen LogP contribution < -0.4 is 16.0 Å². The Balaban J connectivity index is 1.68. The number of amides is 3. The lowest BCUT2D eigenvalue weighted by atomic mass is 9.99. The van der Waals surface area contributed by atoms with E-state index in [0.717, 1.165) is 18.0 Å². The van der Waals surface area contributed by atoms with Gasteiger partial charge in [-0.3, -0.25) is 14.7 Å². The van der Waals surface area contributed by atoms with E-state index in [1.807, 2.05) is 20.0 Å². The number of hydrogen-bond donors (Lipinski definition) is 3. The molecule has 26 heavy (non-hydrogen) atoms. The van der Waals surface area contributed by atoms with E-state index in [0.29, 0.717) is 31.9 Å². The van der Waals surface area contributed by atoms with Gasteiger partial charge in [-0.1, -0.05) is 6.92 Å². The molecule has 1 aromatic heterocycles. The molecule has 1 aliphatic rings. The summed E-state index contributed by atoms with van der Waals surface area (Å²) in [7, 11) is 1.72. The Hall–Kier alpha value is -2.16. The van der Waals surface area contributed by atoms with Gasteiger partial charge in [-0.2, -0.15) is 0 Å². The zero-order valence-corrected chi connectivity index (χ0v) is 16.7. The van der Waals surface area contributed by atoms with Crippen LogP contribution in [0.2, 0.25) is 0 Å². The fourth-order valence-electron chi connectivity index (χ4n) is 2.66. The summed E-state index contributed by atoms with van der Waals surface area (Å²) >= 11 is 1.70. The molecule has 0 aliphatic carbocycles. The van der Waals surface area contributed by atoms with E-state index in [1.165, 1.54) is 9.78 Å². The number of imide groups is 1. The number of carbonyl (C=O) groups is 2. The molecule has 1 saturated heterocycles. The van der Waals surface area contributed by atoms with Crippen molar-refractivity contribution in [2.45, 2.75) is 45.6 Å². The summed E-state index contributed by atoms with van der Waals surface area (Å²) < 4.78 is 0. The third kappa shape index (κ3) is 4.94. The highest BCUT2D eigenvalue weighted by Crippen LogP contribution is 2.20. The molecule has 0 radical (unpaired) electrons. The summed E-state index contributed by atoms with van der Waals surface area (Å²) in [5.74, 6) is 0.556. The number of carbonyl (C=O) groups excluding carboxylic acids is 2. The Labute approximate surface area is 158 Å². The minimum atomic E-state index is -0.768. The van der Waals surface area contributed by atoms with Crippen LogP contribution in [0.15, 0.2) is 11.2 Å². The number of aliphatic imine (C=N–C) groups is 1. The average Bonchev–Trinajstić information content (AvgIpc) is 3.12. The average molecular weight is 381 g/mol. The highest BCUT2D eigenvalue weighted by Gasteiger charge is 2.45. The number of thiazole rings is 1. The molecule has 3 N–H and O–H groups in total. The molecule has 0 aromatic carbocycles. The predicted octanol–water partition coefficient (Wildman–Crippen LogP) is 1.27.